The molecule has 2 N–H and O–H groups in total. The van der Waals surface area contributed by atoms with Gasteiger partial charge in [-0.1, -0.05) is 30.4 Å². The molecule has 0 bridgehead atoms. The van der Waals surface area contributed by atoms with E-state index in [4.69, 9.17) is 22.7 Å². The third-order valence-electron chi connectivity index (χ3n) is 2.88. The molecule has 20 heavy (non-hydrogen) atoms. The highest BCUT2D eigenvalue weighted by atomic mass is 32.1. The predicted octanol–water partition coefficient (Wildman–Crippen LogP) is 1.76. The number of methoxy groups -OCH3 is 1. The Bertz CT molecular complexity index is 600. The van der Waals surface area contributed by atoms with Gasteiger partial charge in [0, 0.05) is 19.2 Å². The molecule has 0 aliphatic rings. The van der Waals surface area contributed by atoms with E-state index in [1.54, 1.807) is 19.5 Å². The van der Waals surface area contributed by atoms with Gasteiger partial charge < -0.3 is 15.4 Å². The molecule has 0 unspecified atom stereocenters. The van der Waals surface area contributed by atoms with Gasteiger partial charge in [0.05, 0.1) is 19.5 Å². The zero-order valence-electron chi connectivity index (χ0n) is 11.4. The average molecular weight is 288 g/mol. The summed E-state index contributed by atoms with van der Waals surface area (Å²) in [7, 11) is 3.60. The summed E-state index contributed by atoms with van der Waals surface area (Å²) in [6.07, 6.45) is 3.24. The van der Waals surface area contributed by atoms with Crippen LogP contribution >= 0.6 is 12.2 Å². The number of nitrogens with zero attached hydrogens (tertiary/aromatic N) is 3. The lowest BCUT2D eigenvalue weighted by molar-refractivity contribution is 0.409. The fourth-order valence-corrected chi connectivity index (χ4v) is 1.92. The number of aromatic nitrogens is 2. The van der Waals surface area contributed by atoms with Crippen LogP contribution in [0, 0.1) is 0 Å². The second-order valence-corrected chi connectivity index (χ2v) is 4.73. The molecule has 2 aromatic rings. The van der Waals surface area contributed by atoms with Crippen LogP contribution in [-0.2, 0) is 6.54 Å². The van der Waals surface area contributed by atoms with Crippen molar-refractivity contribution in [2.45, 2.75) is 6.54 Å². The van der Waals surface area contributed by atoms with E-state index in [1.165, 1.54) is 0 Å². The fourth-order valence-electron chi connectivity index (χ4n) is 1.82. The van der Waals surface area contributed by atoms with Crippen molar-refractivity contribution in [3.8, 4) is 5.75 Å². The van der Waals surface area contributed by atoms with E-state index in [-0.39, 0.29) is 4.99 Å². The van der Waals surface area contributed by atoms with E-state index in [0.29, 0.717) is 12.2 Å². The monoisotopic (exact) mass is 288 g/mol. The molecule has 0 radical (unpaired) electrons. The molecular formula is C14H16N4OS. The minimum absolute atomic E-state index is 0.247. The lowest BCUT2D eigenvalue weighted by Gasteiger charge is -2.19. The number of hydrogen-bond donors (Lipinski definition) is 1. The molecule has 0 spiro atoms. The topological polar surface area (TPSA) is 64.3 Å². The third-order valence-corrected chi connectivity index (χ3v) is 3.09. The average Bonchev–Trinajstić information content (AvgIpc) is 2.48. The van der Waals surface area contributed by atoms with Crippen LogP contribution in [0.5, 0.6) is 5.75 Å². The van der Waals surface area contributed by atoms with Gasteiger partial charge in [-0.2, -0.15) is 0 Å². The molecule has 1 heterocycles. The predicted molar refractivity (Wildman–Crippen MR) is 83.0 cm³/mol. The number of anilines is 1. The highest BCUT2D eigenvalue weighted by Crippen LogP contribution is 2.20. The molecule has 0 aliphatic carbocycles. The molecule has 104 valence electrons. The van der Waals surface area contributed by atoms with Crippen molar-refractivity contribution in [3.63, 3.8) is 0 Å². The summed E-state index contributed by atoms with van der Waals surface area (Å²) in [4.78, 5) is 10.7. The largest absolute Gasteiger partial charge is 0.496 e. The molecule has 0 saturated carbocycles. The SMILES string of the molecule is COc1ccccc1CN(C)c1cnc(C(N)=S)cn1. The van der Waals surface area contributed by atoms with Crippen molar-refractivity contribution in [2.75, 3.05) is 19.1 Å². The van der Waals surface area contributed by atoms with Crippen molar-refractivity contribution in [1.82, 2.24) is 9.97 Å². The lowest BCUT2D eigenvalue weighted by Crippen LogP contribution is -2.19. The Morgan fingerprint density at radius 3 is 2.65 bits per heavy atom. The highest BCUT2D eigenvalue weighted by Gasteiger charge is 2.08. The lowest BCUT2D eigenvalue weighted by atomic mass is 10.2. The van der Waals surface area contributed by atoms with Crippen LogP contribution in [0.25, 0.3) is 0 Å². The van der Waals surface area contributed by atoms with Gasteiger partial charge in [0.25, 0.3) is 0 Å². The molecule has 6 heteroatoms. The number of nitrogens with two attached hydrogens (primary N) is 1. The summed E-state index contributed by atoms with van der Waals surface area (Å²) in [5, 5.41) is 0. The maximum absolute atomic E-state index is 5.50. The van der Waals surface area contributed by atoms with Crippen LogP contribution in [0.3, 0.4) is 0 Å². The van der Waals surface area contributed by atoms with Gasteiger partial charge in [0.2, 0.25) is 0 Å². The smallest absolute Gasteiger partial charge is 0.147 e. The number of ether oxygens (including phenoxy) is 1. The van der Waals surface area contributed by atoms with Crippen LogP contribution in [0.15, 0.2) is 36.7 Å². The number of para-hydroxylation sites is 1. The zero-order valence-corrected chi connectivity index (χ0v) is 12.2. The number of thiocarbonyl (C=S) groups is 1. The first-order chi connectivity index (χ1) is 9.61. The number of hydrogen-bond acceptors (Lipinski definition) is 5. The van der Waals surface area contributed by atoms with Gasteiger partial charge in [0.15, 0.2) is 0 Å². The number of benzene rings is 1. The molecule has 5 nitrogen and oxygen atoms in total. The fraction of sp³-hybridized carbons (Fsp3) is 0.214. The summed E-state index contributed by atoms with van der Waals surface area (Å²) in [5.74, 6) is 1.60. The molecule has 1 aromatic heterocycles. The van der Waals surface area contributed by atoms with E-state index in [0.717, 1.165) is 17.1 Å². The van der Waals surface area contributed by atoms with Gasteiger partial charge in [-0.3, -0.25) is 0 Å². The van der Waals surface area contributed by atoms with E-state index in [2.05, 4.69) is 9.97 Å². The second-order valence-electron chi connectivity index (χ2n) is 4.29. The Morgan fingerprint density at radius 2 is 2.05 bits per heavy atom. The van der Waals surface area contributed by atoms with Crippen molar-refractivity contribution < 1.29 is 4.74 Å². The number of rotatable bonds is 5. The van der Waals surface area contributed by atoms with E-state index < -0.39 is 0 Å². The van der Waals surface area contributed by atoms with E-state index in [9.17, 15) is 0 Å². The van der Waals surface area contributed by atoms with Crippen molar-refractivity contribution >= 4 is 23.0 Å². The highest BCUT2D eigenvalue weighted by molar-refractivity contribution is 7.80. The summed E-state index contributed by atoms with van der Waals surface area (Å²) < 4.78 is 5.34. The second kappa shape index (κ2) is 6.29. The van der Waals surface area contributed by atoms with Gasteiger partial charge in [-0.25, -0.2) is 9.97 Å². The Morgan fingerprint density at radius 1 is 1.30 bits per heavy atom. The van der Waals surface area contributed by atoms with Gasteiger partial charge >= 0.3 is 0 Å². The first kappa shape index (κ1) is 14.2. The Hall–Kier alpha value is -2.21. The summed E-state index contributed by atoms with van der Waals surface area (Å²) in [6.45, 7) is 0.672. The first-order valence-corrected chi connectivity index (χ1v) is 6.47. The van der Waals surface area contributed by atoms with Crippen LogP contribution in [0.4, 0.5) is 5.82 Å². The quantitative estimate of drug-likeness (QED) is 0.846. The van der Waals surface area contributed by atoms with Crippen molar-refractivity contribution in [1.29, 1.82) is 0 Å². The van der Waals surface area contributed by atoms with Crippen molar-refractivity contribution in [2.24, 2.45) is 5.73 Å². The Labute approximate surface area is 123 Å². The molecule has 0 amide bonds. The first-order valence-electron chi connectivity index (χ1n) is 6.06. The van der Waals surface area contributed by atoms with Gasteiger partial charge in [0.1, 0.15) is 22.2 Å². The minimum Gasteiger partial charge on any atom is -0.496 e. The van der Waals surface area contributed by atoms with E-state index >= 15 is 0 Å². The molecular weight excluding hydrogens is 272 g/mol. The molecule has 1 aromatic carbocycles. The maximum Gasteiger partial charge on any atom is 0.147 e. The van der Waals surface area contributed by atoms with E-state index in [1.807, 2.05) is 36.2 Å². The third kappa shape index (κ3) is 3.21. The summed E-state index contributed by atoms with van der Waals surface area (Å²) in [6, 6.07) is 7.88. The standard InChI is InChI=1S/C14H16N4OS/c1-18(9-10-5-3-4-6-12(10)19-2)13-8-16-11(7-17-13)14(15)20/h3-8H,9H2,1-2H3,(H2,15,20). The summed E-state index contributed by atoms with van der Waals surface area (Å²) >= 11 is 4.85. The van der Waals surface area contributed by atoms with Crippen molar-refractivity contribution in [3.05, 3.63) is 47.9 Å². The normalized spacial score (nSPS) is 10.1. The zero-order chi connectivity index (χ0) is 14.5. The maximum atomic E-state index is 5.50. The summed E-state index contributed by atoms with van der Waals surface area (Å²) in [5.41, 5.74) is 7.10. The van der Waals surface area contributed by atoms with Crippen LogP contribution in [0.1, 0.15) is 11.3 Å². The minimum atomic E-state index is 0.247. The molecule has 0 fully saturated rings. The Balaban J connectivity index is 2.15. The molecule has 0 atom stereocenters. The van der Waals surface area contributed by atoms with Crippen LogP contribution in [0.2, 0.25) is 0 Å². The van der Waals surface area contributed by atoms with Gasteiger partial charge in [-0.15, -0.1) is 0 Å². The van der Waals surface area contributed by atoms with Gasteiger partial charge in [-0.05, 0) is 6.07 Å². The molecule has 0 saturated heterocycles. The van der Waals surface area contributed by atoms with Crippen LogP contribution < -0.4 is 15.4 Å². The molecule has 0 aliphatic heterocycles. The van der Waals surface area contributed by atoms with Crippen LogP contribution in [-0.4, -0.2) is 29.1 Å². The Kier molecular flexibility index (Phi) is 4.47. The molecule has 2 rings (SSSR count).